The predicted octanol–water partition coefficient (Wildman–Crippen LogP) is 3.59. The molecule has 0 aliphatic heterocycles. The molecule has 0 bridgehead atoms. The number of hydrogen-bond donors (Lipinski definition) is 2. The molecule has 2 rings (SSSR count). The summed E-state index contributed by atoms with van der Waals surface area (Å²) in [5.41, 5.74) is 10.3. The highest BCUT2D eigenvalue weighted by Gasteiger charge is 2.18. The van der Waals surface area contributed by atoms with Crippen LogP contribution in [0.25, 0.3) is 0 Å². The number of aliphatic hydroxyl groups is 1. The highest BCUT2D eigenvalue weighted by molar-refractivity contribution is 5.36. The highest BCUT2D eigenvalue weighted by Crippen LogP contribution is 2.30. The minimum Gasteiger partial charge on any atom is -0.396 e. The number of allylic oxidation sites excluding steroid dienone is 2. The van der Waals surface area contributed by atoms with Crippen LogP contribution in [-0.2, 0) is 17.6 Å². The molecule has 134 valence electrons. The third-order valence-corrected chi connectivity index (χ3v) is 5.09. The van der Waals surface area contributed by atoms with Gasteiger partial charge in [-0.05, 0) is 80.0 Å². The van der Waals surface area contributed by atoms with E-state index in [0.717, 1.165) is 45.1 Å². The van der Waals surface area contributed by atoms with Gasteiger partial charge in [-0.3, -0.25) is 0 Å². The van der Waals surface area contributed by atoms with Crippen molar-refractivity contribution in [3.8, 4) is 0 Å². The van der Waals surface area contributed by atoms with Crippen molar-refractivity contribution in [1.29, 1.82) is 0 Å². The topological polar surface area (TPSA) is 55.5 Å². The van der Waals surface area contributed by atoms with Crippen LogP contribution in [0.15, 0.2) is 30.4 Å². The van der Waals surface area contributed by atoms with E-state index in [1.807, 2.05) is 0 Å². The molecule has 1 aliphatic rings. The quantitative estimate of drug-likeness (QED) is 0.509. The molecule has 1 aliphatic carbocycles. The van der Waals surface area contributed by atoms with Gasteiger partial charge in [-0.25, -0.2) is 0 Å². The van der Waals surface area contributed by atoms with Crippen molar-refractivity contribution in [2.24, 2.45) is 11.7 Å². The van der Waals surface area contributed by atoms with E-state index >= 15 is 0 Å². The third kappa shape index (κ3) is 5.73. The number of nitrogens with two attached hydrogens (primary N) is 1. The Labute approximate surface area is 146 Å². The second-order valence-corrected chi connectivity index (χ2v) is 6.89. The maximum absolute atomic E-state index is 9.04. The van der Waals surface area contributed by atoms with E-state index < -0.39 is 0 Å². The maximum atomic E-state index is 9.04. The minimum atomic E-state index is 0.250. The van der Waals surface area contributed by atoms with Crippen molar-refractivity contribution in [2.75, 3.05) is 26.9 Å². The molecule has 3 N–H and O–H groups in total. The maximum Gasteiger partial charge on any atom is 0.0465 e. The highest BCUT2D eigenvalue weighted by atomic mass is 16.5. The van der Waals surface area contributed by atoms with Gasteiger partial charge < -0.3 is 15.6 Å². The van der Waals surface area contributed by atoms with Gasteiger partial charge in [0, 0.05) is 20.3 Å². The van der Waals surface area contributed by atoms with Gasteiger partial charge in [0.25, 0.3) is 0 Å². The van der Waals surface area contributed by atoms with Crippen molar-refractivity contribution in [1.82, 2.24) is 0 Å². The Morgan fingerprint density at radius 1 is 1.33 bits per heavy atom. The summed E-state index contributed by atoms with van der Waals surface area (Å²) in [5, 5.41) is 9.04. The number of benzene rings is 1. The van der Waals surface area contributed by atoms with E-state index in [0.29, 0.717) is 18.4 Å². The first-order valence-electron chi connectivity index (χ1n) is 9.36. The van der Waals surface area contributed by atoms with E-state index in [2.05, 4.69) is 30.4 Å². The lowest BCUT2D eigenvalue weighted by Crippen LogP contribution is -2.16. The Morgan fingerprint density at radius 2 is 2.21 bits per heavy atom. The molecule has 24 heavy (non-hydrogen) atoms. The van der Waals surface area contributed by atoms with Gasteiger partial charge in [0.05, 0.1) is 0 Å². The van der Waals surface area contributed by atoms with Crippen LogP contribution in [-0.4, -0.2) is 32.0 Å². The summed E-state index contributed by atoms with van der Waals surface area (Å²) in [6.07, 6.45) is 12.3. The molecule has 0 saturated heterocycles. The lowest BCUT2D eigenvalue weighted by Gasteiger charge is -2.24. The third-order valence-electron chi connectivity index (χ3n) is 5.09. The SMILES string of the molecule is COCCC/C=C/[C@H]1CCc2cc([C@H](CN)CCCO)ccc2C1. The molecule has 0 heterocycles. The van der Waals surface area contributed by atoms with Gasteiger partial charge in [-0.1, -0.05) is 30.4 Å². The number of aliphatic hydroxyl groups excluding tert-OH is 1. The summed E-state index contributed by atoms with van der Waals surface area (Å²) in [7, 11) is 1.76. The van der Waals surface area contributed by atoms with E-state index in [9.17, 15) is 0 Å². The van der Waals surface area contributed by atoms with Gasteiger partial charge in [0.1, 0.15) is 0 Å². The van der Waals surface area contributed by atoms with E-state index in [1.54, 1.807) is 7.11 Å². The second-order valence-electron chi connectivity index (χ2n) is 6.89. The number of aryl methyl sites for hydroxylation is 1. The standard InChI is InChI=1S/C21H33NO2/c1-24-13-4-2-3-6-17-8-9-19-15-20(11-10-18(19)14-17)21(16-22)7-5-12-23/h3,6,10-11,15,17,21,23H,2,4-5,7-9,12-14,16,22H2,1H3/b6-3+/t17-,21-/m0/s1. The van der Waals surface area contributed by atoms with Crippen LogP contribution in [0, 0.1) is 5.92 Å². The molecule has 0 radical (unpaired) electrons. The molecule has 0 saturated carbocycles. The predicted molar refractivity (Wildman–Crippen MR) is 100 cm³/mol. The van der Waals surface area contributed by atoms with E-state index in [4.69, 9.17) is 15.6 Å². The zero-order valence-electron chi connectivity index (χ0n) is 15.0. The zero-order chi connectivity index (χ0) is 17.2. The molecular weight excluding hydrogens is 298 g/mol. The Morgan fingerprint density at radius 3 is 2.96 bits per heavy atom. The second kappa shape index (κ2) is 10.7. The number of fused-ring (bicyclic) bond motifs is 1. The Bertz CT molecular complexity index is 513. The first-order valence-corrected chi connectivity index (χ1v) is 9.36. The Hall–Kier alpha value is -1.16. The molecule has 0 fully saturated rings. The molecule has 0 aromatic heterocycles. The van der Waals surface area contributed by atoms with Gasteiger partial charge >= 0.3 is 0 Å². The van der Waals surface area contributed by atoms with Gasteiger partial charge in [-0.15, -0.1) is 0 Å². The minimum absolute atomic E-state index is 0.250. The van der Waals surface area contributed by atoms with Crippen LogP contribution in [0.4, 0.5) is 0 Å². The number of hydrogen-bond acceptors (Lipinski definition) is 3. The summed E-state index contributed by atoms with van der Waals surface area (Å²) in [5.74, 6) is 1.05. The van der Waals surface area contributed by atoms with Crippen LogP contribution in [0.2, 0.25) is 0 Å². The first kappa shape index (κ1) is 19.2. The van der Waals surface area contributed by atoms with Crippen LogP contribution < -0.4 is 5.73 Å². The van der Waals surface area contributed by atoms with Crippen molar-refractivity contribution >= 4 is 0 Å². The lowest BCUT2D eigenvalue weighted by atomic mass is 9.81. The van der Waals surface area contributed by atoms with Crippen molar-refractivity contribution in [2.45, 2.75) is 50.9 Å². The summed E-state index contributed by atoms with van der Waals surface area (Å²) in [6.45, 7) is 1.75. The van der Waals surface area contributed by atoms with Crippen molar-refractivity contribution < 1.29 is 9.84 Å². The fourth-order valence-electron chi connectivity index (χ4n) is 3.61. The summed E-state index contributed by atoms with van der Waals surface area (Å²) < 4.78 is 5.09. The number of methoxy groups -OCH3 is 1. The van der Waals surface area contributed by atoms with Crippen LogP contribution in [0.1, 0.15) is 54.7 Å². The van der Waals surface area contributed by atoms with Crippen LogP contribution in [0.5, 0.6) is 0 Å². The Balaban J connectivity index is 1.93. The van der Waals surface area contributed by atoms with Gasteiger partial charge in [0.15, 0.2) is 0 Å². The van der Waals surface area contributed by atoms with Crippen molar-refractivity contribution in [3.05, 3.63) is 47.0 Å². The molecule has 3 nitrogen and oxygen atoms in total. The summed E-state index contributed by atoms with van der Waals surface area (Å²) >= 11 is 0. The fraction of sp³-hybridized carbons (Fsp3) is 0.619. The molecule has 3 heteroatoms. The molecule has 2 atom stereocenters. The zero-order valence-corrected chi connectivity index (χ0v) is 15.0. The molecular formula is C21H33NO2. The number of unbranched alkanes of at least 4 members (excludes halogenated alkanes) is 1. The lowest BCUT2D eigenvalue weighted by molar-refractivity contribution is 0.196. The van der Waals surface area contributed by atoms with E-state index in [-0.39, 0.29) is 6.61 Å². The Kier molecular flexibility index (Phi) is 8.51. The number of ether oxygens (including phenoxy) is 1. The van der Waals surface area contributed by atoms with Crippen LogP contribution in [0.3, 0.4) is 0 Å². The molecule has 0 amide bonds. The number of rotatable bonds is 10. The molecule has 1 aromatic rings. The van der Waals surface area contributed by atoms with Gasteiger partial charge in [-0.2, -0.15) is 0 Å². The fourth-order valence-corrected chi connectivity index (χ4v) is 3.61. The molecule has 1 aromatic carbocycles. The molecule has 0 unspecified atom stereocenters. The van der Waals surface area contributed by atoms with Crippen molar-refractivity contribution in [3.63, 3.8) is 0 Å². The average Bonchev–Trinajstić information content (AvgIpc) is 2.62. The van der Waals surface area contributed by atoms with Crippen LogP contribution >= 0.6 is 0 Å². The smallest absolute Gasteiger partial charge is 0.0465 e. The average molecular weight is 332 g/mol. The summed E-state index contributed by atoms with van der Waals surface area (Å²) in [6, 6.07) is 6.92. The molecule has 0 spiro atoms. The van der Waals surface area contributed by atoms with E-state index in [1.165, 1.54) is 23.1 Å². The monoisotopic (exact) mass is 331 g/mol. The largest absolute Gasteiger partial charge is 0.396 e. The normalized spacial score (nSPS) is 18.7. The summed E-state index contributed by atoms with van der Waals surface area (Å²) in [4.78, 5) is 0. The first-order chi connectivity index (χ1) is 11.8. The van der Waals surface area contributed by atoms with Gasteiger partial charge in [0.2, 0.25) is 0 Å².